The zero-order valence-electron chi connectivity index (χ0n) is 10.1. The Hall–Kier alpha value is -0.340. The van der Waals surface area contributed by atoms with Crippen molar-refractivity contribution >= 4 is 11.6 Å². The monoisotopic (exact) mass is 245 g/mol. The van der Waals surface area contributed by atoms with E-state index < -0.39 is 11.0 Å². The maximum Gasteiger partial charge on any atom is 0.123 e. The van der Waals surface area contributed by atoms with Crippen LogP contribution in [0.4, 0.5) is 4.39 Å². The van der Waals surface area contributed by atoms with Gasteiger partial charge in [-0.1, -0.05) is 17.7 Å². The Kier molecular flexibility index (Phi) is 5.00. The largest absolute Gasteiger partial charge is 0.330 e. The molecular formula is C13H21ClFN. The van der Waals surface area contributed by atoms with Crippen molar-refractivity contribution in [3.05, 3.63) is 23.3 Å². The Morgan fingerprint density at radius 2 is 2.25 bits per heavy atom. The number of allylic oxidation sites excluding steroid dienone is 4. The number of unbranched alkanes of at least 4 members (excludes halogenated alkanes) is 1. The summed E-state index contributed by atoms with van der Waals surface area (Å²) in [5, 5.41) is 0. The molecule has 2 unspecified atom stereocenters. The minimum absolute atomic E-state index is 0.358. The molecule has 0 saturated carbocycles. The lowest BCUT2D eigenvalue weighted by Gasteiger charge is -2.18. The molecule has 2 N–H and O–H groups in total. The van der Waals surface area contributed by atoms with E-state index in [4.69, 9.17) is 17.3 Å². The second-order valence-corrected chi connectivity index (χ2v) is 5.67. The first kappa shape index (κ1) is 13.7. The van der Waals surface area contributed by atoms with Gasteiger partial charge in [0.25, 0.3) is 0 Å². The molecular weight excluding hydrogens is 225 g/mol. The first-order valence-electron chi connectivity index (χ1n) is 5.87. The average molecular weight is 246 g/mol. The molecule has 0 aromatic rings. The zero-order chi connectivity index (χ0) is 12.2. The highest BCUT2D eigenvalue weighted by Crippen LogP contribution is 2.33. The molecule has 0 bridgehead atoms. The number of halogens is 2. The van der Waals surface area contributed by atoms with Crippen molar-refractivity contribution < 1.29 is 4.39 Å². The Balaban J connectivity index is 2.73. The van der Waals surface area contributed by atoms with E-state index in [0.717, 1.165) is 30.4 Å². The predicted octanol–water partition coefficient (Wildman–Crippen LogP) is 3.73. The number of hydrogen-bond acceptors (Lipinski definition) is 1. The van der Waals surface area contributed by atoms with E-state index in [1.807, 2.05) is 26.0 Å². The normalized spacial score (nSPS) is 30.7. The Labute approximate surface area is 103 Å². The molecule has 0 fully saturated rings. The van der Waals surface area contributed by atoms with Crippen molar-refractivity contribution in [3.63, 3.8) is 0 Å². The first-order chi connectivity index (χ1) is 7.44. The number of hydrogen-bond donors (Lipinski definition) is 1. The SMILES string of the molecule is CC1=CC(CCCCN)=CC(C)(Cl)CC1F. The van der Waals surface area contributed by atoms with Crippen LogP contribution in [0.2, 0.25) is 0 Å². The summed E-state index contributed by atoms with van der Waals surface area (Å²) in [6, 6.07) is 0. The molecule has 0 radical (unpaired) electrons. The standard InChI is InChI=1S/C13H21ClFN/c1-10-7-11(5-3-4-6-16)8-13(2,14)9-12(10)15/h7-8,12H,3-6,9,16H2,1-2H3. The van der Waals surface area contributed by atoms with Crippen molar-refractivity contribution in [1.29, 1.82) is 0 Å². The van der Waals surface area contributed by atoms with Crippen LogP contribution in [0.3, 0.4) is 0 Å². The Morgan fingerprint density at radius 3 is 2.88 bits per heavy atom. The van der Waals surface area contributed by atoms with Crippen LogP contribution in [0.25, 0.3) is 0 Å². The molecule has 0 saturated heterocycles. The Bertz CT molecular complexity index is 294. The number of nitrogens with two attached hydrogens (primary N) is 1. The van der Waals surface area contributed by atoms with E-state index in [0.29, 0.717) is 13.0 Å². The van der Waals surface area contributed by atoms with Gasteiger partial charge in [-0.15, -0.1) is 11.6 Å². The van der Waals surface area contributed by atoms with Gasteiger partial charge in [0.1, 0.15) is 6.17 Å². The second kappa shape index (κ2) is 5.83. The molecule has 0 amide bonds. The molecule has 1 rings (SSSR count). The predicted molar refractivity (Wildman–Crippen MR) is 68.5 cm³/mol. The summed E-state index contributed by atoms with van der Waals surface area (Å²) in [6.45, 7) is 4.41. The van der Waals surface area contributed by atoms with E-state index in [1.165, 1.54) is 0 Å². The van der Waals surface area contributed by atoms with Crippen LogP contribution in [0.5, 0.6) is 0 Å². The molecule has 0 aliphatic heterocycles. The van der Waals surface area contributed by atoms with Gasteiger partial charge >= 0.3 is 0 Å². The molecule has 3 heteroatoms. The maximum atomic E-state index is 13.7. The molecule has 2 atom stereocenters. The summed E-state index contributed by atoms with van der Waals surface area (Å²) in [5.74, 6) is 0. The summed E-state index contributed by atoms with van der Waals surface area (Å²) in [4.78, 5) is -0.564. The molecule has 16 heavy (non-hydrogen) atoms. The second-order valence-electron chi connectivity index (χ2n) is 4.80. The quantitative estimate of drug-likeness (QED) is 0.593. The van der Waals surface area contributed by atoms with Gasteiger partial charge in [0.05, 0.1) is 4.87 Å². The van der Waals surface area contributed by atoms with E-state index in [-0.39, 0.29) is 0 Å². The Morgan fingerprint density at radius 1 is 1.56 bits per heavy atom. The highest BCUT2D eigenvalue weighted by Gasteiger charge is 2.27. The van der Waals surface area contributed by atoms with Crippen LogP contribution in [-0.2, 0) is 0 Å². The van der Waals surface area contributed by atoms with Crippen molar-refractivity contribution in [2.75, 3.05) is 6.54 Å². The van der Waals surface area contributed by atoms with Crippen molar-refractivity contribution in [2.45, 2.75) is 50.6 Å². The minimum atomic E-state index is -0.925. The third-order valence-electron chi connectivity index (χ3n) is 2.89. The van der Waals surface area contributed by atoms with Gasteiger partial charge < -0.3 is 5.73 Å². The molecule has 1 nitrogen and oxygen atoms in total. The van der Waals surface area contributed by atoms with E-state index in [1.54, 1.807) is 0 Å². The summed E-state index contributed by atoms with van der Waals surface area (Å²) < 4.78 is 13.7. The fourth-order valence-corrected chi connectivity index (χ4v) is 2.27. The van der Waals surface area contributed by atoms with Gasteiger partial charge in [-0.2, -0.15) is 0 Å². The van der Waals surface area contributed by atoms with Gasteiger partial charge in [0, 0.05) is 6.42 Å². The molecule has 1 aliphatic carbocycles. The van der Waals surface area contributed by atoms with E-state index in [2.05, 4.69) is 0 Å². The minimum Gasteiger partial charge on any atom is -0.330 e. The van der Waals surface area contributed by atoms with Crippen LogP contribution in [-0.4, -0.2) is 17.6 Å². The summed E-state index contributed by atoms with van der Waals surface area (Å²) in [5.41, 5.74) is 7.38. The van der Waals surface area contributed by atoms with E-state index in [9.17, 15) is 4.39 Å². The van der Waals surface area contributed by atoms with E-state index >= 15 is 0 Å². The summed E-state index contributed by atoms with van der Waals surface area (Å²) in [7, 11) is 0. The smallest absolute Gasteiger partial charge is 0.123 e. The average Bonchev–Trinajstić information content (AvgIpc) is 2.24. The van der Waals surface area contributed by atoms with Gasteiger partial charge in [-0.25, -0.2) is 4.39 Å². The van der Waals surface area contributed by atoms with Gasteiger partial charge in [0.2, 0.25) is 0 Å². The third kappa shape index (κ3) is 4.26. The highest BCUT2D eigenvalue weighted by atomic mass is 35.5. The molecule has 0 heterocycles. The van der Waals surface area contributed by atoms with Gasteiger partial charge in [-0.3, -0.25) is 0 Å². The maximum absolute atomic E-state index is 13.7. The highest BCUT2D eigenvalue weighted by molar-refractivity contribution is 6.25. The van der Waals surface area contributed by atoms with Crippen LogP contribution in [0, 0.1) is 0 Å². The van der Waals surface area contributed by atoms with Crippen molar-refractivity contribution in [1.82, 2.24) is 0 Å². The van der Waals surface area contributed by atoms with Crippen LogP contribution in [0.1, 0.15) is 39.5 Å². The van der Waals surface area contributed by atoms with Crippen LogP contribution in [0.15, 0.2) is 23.3 Å². The van der Waals surface area contributed by atoms with Crippen LogP contribution < -0.4 is 5.73 Å². The molecule has 0 aromatic heterocycles. The molecule has 1 aliphatic rings. The van der Waals surface area contributed by atoms with Gasteiger partial charge in [0.15, 0.2) is 0 Å². The van der Waals surface area contributed by atoms with Crippen LogP contribution >= 0.6 is 11.6 Å². The lowest BCUT2D eigenvalue weighted by atomic mass is 10.0. The van der Waals surface area contributed by atoms with Gasteiger partial charge in [-0.05, 0) is 45.2 Å². The topological polar surface area (TPSA) is 26.0 Å². The zero-order valence-corrected chi connectivity index (χ0v) is 10.9. The lowest BCUT2D eigenvalue weighted by Crippen LogP contribution is -2.18. The first-order valence-corrected chi connectivity index (χ1v) is 6.25. The third-order valence-corrected chi connectivity index (χ3v) is 3.15. The number of rotatable bonds is 4. The summed E-state index contributed by atoms with van der Waals surface area (Å²) in [6.07, 6.45) is 6.34. The molecule has 0 spiro atoms. The molecule has 0 aromatic carbocycles. The molecule has 92 valence electrons. The fourth-order valence-electron chi connectivity index (χ4n) is 2.00. The number of alkyl halides is 2. The van der Waals surface area contributed by atoms with Crippen molar-refractivity contribution in [2.24, 2.45) is 5.73 Å². The summed E-state index contributed by atoms with van der Waals surface area (Å²) >= 11 is 6.27. The fraction of sp³-hybridized carbons (Fsp3) is 0.692. The van der Waals surface area contributed by atoms with Crippen molar-refractivity contribution in [3.8, 4) is 0 Å². The lowest BCUT2D eigenvalue weighted by molar-refractivity contribution is 0.345.